The fraction of sp³-hybridized carbons (Fsp3) is 0.467. The molecule has 0 aliphatic carbocycles. The highest BCUT2D eigenvalue weighted by Crippen LogP contribution is 2.57. The third kappa shape index (κ3) is 3.80. The van der Waals surface area contributed by atoms with Crippen LogP contribution in [0.25, 0.3) is 0 Å². The van der Waals surface area contributed by atoms with Gasteiger partial charge in [0.2, 0.25) is 0 Å². The van der Waals surface area contributed by atoms with Gasteiger partial charge in [-0.3, -0.25) is 0 Å². The van der Waals surface area contributed by atoms with Gasteiger partial charge in [0, 0.05) is 0 Å². The molecule has 110 valence electrons. The monoisotopic (exact) mass is 297 g/mol. The Hall–Kier alpha value is -1.41. The standard InChI is InChI=1S/C15H22O4P/c1-4-6-12-19-15(17)20(3,14(16)18-5-2)13-10-8-7-9-11-13/h7-11H,4-6,12H2,1-3H3/q+1. The molecule has 0 radical (unpaired) electrons. The fourth-order valence-corrected chi connectivity index (χ4v) is 3.77. The lowest BCUT2D eigenvalue weighted by Crippen LogP contribution is -2.26. The summed E-state index contributed by atoms with van der Waals surface area (Å²) in [6.07, 6.45) is 1.73. The number of benzene rings is 1. The van der Waals surface area contributed by atoms with Gasteiger partial charge in [0.1, 0.15) is 5.30 Å². The van der Waals surface area contributed by atoms with Gasteiger partial charge in [-0.2, -0.15) is 0 Å². The summed E-state index contributed by atoms with van der Waals surface area (Å²) >= 11 is 0. The minimum Gasteiger partial charge on any atom is -0.436 e. The summed E-state index contributed by atoms with van der Waals surface area (Å²) in [7, 11) is -2.78. The highest BCUT2D eigenvalue weighted by Gasteiger charge is 2.56. The van der Waals surface area contributed by atoms with Crippen molar-refractivity contribution in [2.24, 2.45) is 0 Å². The maximum atomic E-state index is 12.4. The van der Waals surface area contributed by atoms with Crippen molar-refractivity contribution in [2.75, 3.05) is 19.9 Å². The van der Waals surface area contributed by atoms with Crippen LogP contribution in [-0.2, 0) is 9.47 Å². The molecule has 20 heavy (non-hydrogen) atoms. The van der Waals surface area contributed by atoms with Crippen LogP contribution in [-0.4, -0.2) is 31.3 Å². The third-order valence-electron chi connectivity index (χ3n) is 2.99. The van der Waals surface area contributed by atoms with E-state index in [2.05, 4.69) is 0 Å². The number of hydrogen-bond acceptors (Lipinski definition) is 4. The smallest absolute Gasteiger partial charge is 0.436 e. The zero-order valence-corrected chi connectivity index (χ0v) is 13.2. The van der Waals surface area contributed by atoms with Crippen LogP contribution in [0.2, 0.25) is 0 Å². The van der Waals surface area contributed by atoms with Gasteiger partial charge in [0.05, 0.1) is 19.9 Å². The zero-order valence-electron chi connectivity index (χ0n) is 12.3. The second-order valence-corrected chi connectivity index (χ2v) is 7.77. The molecule has 0 bridgehead atoms. The van der Waals surface area contributed by atoms with Crippen molar-refractivity contribution < 1.29 is 19.1 Å². The molecule has 1 unspecified atom stereocenters. The molecule has 0 amide bonds. The van der Waals surface area contributed by atoms with Crippen molar-refractivity contribution in [3.8, 4) is 0 Å². The lowest BCUT2D eigenvalue weighted by atomic mass is 10.4. The number of hydrogen-bond donors (Lipinski definition) is 0. The number of carbonyl (C=O) groups excluding carboxylic acids is 2. The molecule has 0 fully saturated rings. The Kier molecular flexibility index (Phi) is 6.66. The quantitative estimate of drug-likeness (QED) is 0.562. The predicted molar refractivity (Wildman–Crippen MR) is 82.2 cm³/mol. The average molecular weight is 297 g/mol. The van der Waals surface area contributed by atoms with Crippen LogP contribution >= 0.6 is 7.26 Å². The van der Waals surface area contributed by atoms with E-state index in [1.807, 2.05) is 25.1 Å². The summed E-state index contributed by atoms with van der Waals surface area (Å²) in [5.74, 6) is 0. The molecule has 0 heterocycles. The lowest BCUT2D eigenvalue weighted by molar-refractivity contribution is 0.167. The molecular weight excluding hydrogens is 275 g/mol. The minimum atomic E-state index is -2.78. The summed E-state index contributed by atoms with van der Waals surface area (Å²) in [6, 6.07) is 9.04. The van der Waals surface area contributed by atoms with Gasteiger partial charge < -0.3 is 9.47 Å². The molecule has 5 heteroatoms. The van der Waals surface area contributed by atoms with Gasteiger partial charge in [-0.1, -0.05) is 31.5 Å². The van der Waals surface area contributed by atoms with Gasteiger partial charge in [0.25, 0.3) is 7.26 Å². The van der Waals surface area contributed by atoms with E-state index < -0.39 is 18.7 Å². The van der Waals surface area contributed by atoms with E-state index in [0.717, 1.165) is 12.8 Å². The fourth-order valence-electron chi connectivity index (χ4n) is 1.70. The van der Waals surface area contributed by atoms with Gasteiger partial charge >= 0.3 is 11.4 Å². The first-order valence-corrected chi connectivity index (χ1v) is 9.07. The van der Waals surface area contributed by atoms with Gasteiger partial charge in [-0.05, 0) is 25.5 Å². The van der Waals surface area contributed by atoms with Crippen LogP contribution in [0.15, 0.2) is 30.3 Å². The second kappa shape index (κ2) is 8.01. The van der Waals surface area contributed by atoms with E-state index in [4.69, 9.17) is 9.47 Å². The van der Waals surface area contributed by atoms with Crippen LogP contribution in [0.4, 0.5) is 9.59 Å². The first-order valence-electron chi connectivity index (χ1n) is 6.84. The van der Waals surface area contributed by atoms with Crippen LogP contribution < -0.4 is 5.30 Å². The number of rotatable bonds is 7. The Labute approximate surface area is 120 Å². The van der Waals surface area contributed by atoms with Crippen molar-refractivity contribution in [3.05, 3.63) is 30.3 Å². The van der Waals surface area contributed by atoms with Crippen molar-refractivity contribution >= 4 is 24.0 Å². The molecular formula is C15H22O4P+. The van der Waals surface area contributed by atoms with Crippen LogP contribution in [0.5, 0.6) is 0 Å². The van der Waals surface area contributed by atoms with Crippen molar-refractivity contribution in [3.63, 3.8) is 0 Å². The average Bonchev–Trinajstić information content (AvgIpc) is 2.47. The maximum absolute atomic E-state index is 12.4. The van der Waals surface area contributed by atoms with Crippen molar-refractivity contribution in [1.82, 2.24) is 0 Å². The van der Waals surface area contributed by atoms with E-state index in [1.165, 1.54) is 0 Å². The van der Waals surface area contributed by atoms with Gasteiger partial charge in [0.15, 0.2) is 0 Å². The second-order valence-electron chi connectivity index (χ2n) is 4.51. The Balaban J connectivity index is 3.01. The van der Waals surface area contributed by atoms with Crippen LogP contribution in [0, 0.1) is 0 Å². The Bertz CT molecular complexity index is 446. The molecule has 0 N–H and O–H groups in total. The highest BCUT2D eigenvalue weighted by atomic mass is 31.2. The van der Waals surface area contributed by atoms with Crippen molar-refractivity contribution in [1.29, 1.82) is 0 Å². The molecule has 1 atom stereocenters. The van der Waals surface area contributed by atoms with Gasteiger partial charge in [-0.15, -0.1) is 0 Å². The highest BCUT2D eigenvalue weighted by molar-refractivity contribution is 8.08. The molecule has 1 aromatic rings. The molecule has 0 saturated carbocycles. The number of unbranched alkanes of at least 4 members (excludes halogenated alkanes) is 1. The molecule has 1 aromatic carbocycles. The summed E-state index contributed by atoms with van der Waals surface area (Å²) in [6.45, 7) is 6.01. The van der Waals surface area contributed by atoms with E-state index in [9.17, 15) is 9.59 Å². The SMILES string of the molecule is CCCCOC(=O)[P+](C)(C(=O)OCC)c1ccccc1. The molecule has 0 aliphatic heterocycles. The Morgan fingerprint density at radius 2 is 1.65 bits per heavy atom. The Morgan fingerprint density at radius 3 is 2.20 bits per heavy atom. The number of carbonyl (C=O) groups is 2. The molecule has 1 rings (SSSR count). The van der Waals surface area contributed by atoms with Crippen LogP contribution in [0.3, 0.4) is 0 Å². The molecule has 0 aromatic heterocycles. The van der Waals surface area contributed by atoms with Gasteiger partial charge in [-0.25, -0.2) is 9.59 Å². The summed E-state index contributed by atoms with van der Waals surface area (Å²) in [4.78, 5) is 24.6. The minimum absolute atomic E-state index is 0.253. The van der Waals surface area contributed by atoms with Crippen LogP contribution in [0.1, 0.15) is 26.7 Å². The Morgan fingerprint density at radius 1 is 1.05 bits per heavy atom. The first-order chi connectivity index (χ1) is 9.57. The van der Waals surface area contributed by atoms with E-state index in [1.54, 1.807) is 25.7 Å². The largest absolute Gasteiger partial charge is 0.468 e. The zero-order chi connectivity index (χ0) is 15.0. The topological polar surface area (TPSA) is 52.6 Å². The maximum Gasteiger partial charge on any atom is 0.468 e. The lowest BCUT2D eigenvalue weighted by Gasteiger charge is -2.17. The summed E-state index contributed by atoms with van der Waals surface area (Å²) in [5.41, 5.74) is -0.914. The van der Waals surface area contributed by atoms with E-state index in [0.29, 0.717) is 11.9 Å². The first kappa shape index (κ1) is 16.6. The van der Waals surface area contributed by atoms with E-state index >= 15 is 0 Å². The molecule has 0 saturated heterocycles. The molecule has 0 aliphatic rings. The van der Waals surface area contributed by atoms with Crippen molar-refractivity contribution in [2.45, 2.75) is 26.7 Å². The molecule has 4 nitrogen and oxygen atoms in total. The normalized spacial score (nSPS) is 13.3. The summed E-state index contributed by atoms with van der Waals surface area (Å²) < 4.78 is 10.4. The third-order valence-corrected chi connectivity index (χ3v) is 6.04. The van der Waals surface area contributed by atoms with E-state index in [-0.39, 0.29) is 6.61 Å². The number of ether oxygens (including phenoxy) is 2. The summed E-state index contributed by atoms with van der Waals surface area (Å²) in [5, 5.41) is 0.694. The molecule has 0 spiro atoms. The predicted octanol–water partition coefficient (Wildman–Crippen LogP) is 4.05.